The zero-order valence-electron chi connectivity index (χ0n) is 11.2. The predicted molar refractivity (Wildman–Crippen MR) is 78.3 cm³/mol. The molecule has 1 aromatic carbocycles. The highest BCUT2D eigenvalue weighted by atomic mass is 32.1. The molecular weight excluding hydrogens is 278 g/mol. The molecule has 1 aromatic heterocycles. The number of thiazole rings is 1. The van der Waals surface area contributed by atoms with E-state index in [1.807, 2.05) is 13.8 Å². The first-order valence-corrected chi connectivity index (χ1v) is 7.01. The molecular formula is C13H15N3O3S. The first-order valence-electron chi connectivity index (χ1n) is 6.13. The third-order valence-electron chi connectivity index (χ3n) is 2.48. The molecule has 1 heterocycles. The molecule has 0 fully saturated rings. The number of para-hydroxylation sites is 1. The highest BCUT2D eigenvalue weighted by Gasteiger charge is 2.21. The molecule has 20 heavy (non-hydrogen) atoms. The Morgan fingerprint density at radius 3 is 2.90 bits per heavy atom. The van der Waals surface area contributed by atoms with Crippen molar-refractivity contribution < 1.29 is 9.66 Å². The summed E-state index contributed by atoms with van der Waals surface area (Å²) in [5, 5.41) is 14.3. The lowest BCUT2D eigenvalue weighted by atomic mass is 10.2. The van der Waals surface area contributed by atoms with E-state index in [1.165, 1.54) is 11.3 Å². The van der Waals surface area contributed by atoms with E-state index in [2.05, 4.69) is 10.3 Å². The number of anilines is 1. The number of benzene rings is 1. The fourth-order valence-electron chi connectivity index (χ4n) is 1.71. The van der Waals surface area contributed by atoms with E-state index < -0.39 is 4.92 Å². The van der Waals surface area contributed by atoms with Crippen LogP contribution in [0.4, 0.5) is 11.4 Å². The van der Waals surface area contributed by atoms with Crippen LogP contribution in [0.1, 0.15) is 18.7 Å². The van der Waals surface area contributed by atoms with Gasteiger partial charge in [0.2, 0.25) is 0 Å². The highest BCUT2D eigenvalue weighted by Crippen LogP contribution is 2.35. The Morgan fingerprint density at radius 2 is 2.30 bits per heavy atom. The standard InChI is InChI=1S/C13H15N3O3S/c1-9(2)19-12-5-3-4-11(13(12)16(17)18)15-7-10-6-14-8-20-10/h3-6,8-9,15H,7H2,1-2H3. The fourth-order valence-corrected chi connectivity index (χ4v) is 2.25. The van der Waals surface area contributed by atoms with Crippen molar-refractivity contribution in [1.82, 2.24) is 4.98 Å². The lowest BCUT2D eigenvalue weighted by Crippen LogP contribution is -2.09. The topological polar surface area (TPSA) is 77.3 Å². The maximum atomic E-state index is 11.3. The van der Waals surface area contributed by atoms with Gasteiger partial charge in [0, 0.05) is 11.1 Å². The van der Waals surface area contributed by atoms with Crippen LogP contribution in [0.3, 0.4) is 0 Å². The average Bonchev–Trinajstić information content (AvgIpc) is 2.88. The Kier molecular flexibility index (Phi) is 4.52. The molecule has 7 heteroatoms. The lowest BCUT2D eigenvalue weighted by Gasteiger charge is -2.12. The largest absolute Gasteiger partial charge is 0.484 e. The number of ether oxygens (including phenoxy) is 1. The van der Waals surface area contributed by atoms with Gasteiger partial charge in [-0.1, -0.05) is 6.07 Å². The van der Waals surface area contributed by atoms with Crippen molar-refractivity contribution in [2.45, 2.75) is 26.5 Å². The molecule has 0 spiro atoms. The molecule has 106 valence electrons. The van der Waals surface area contributed by atoms with Gasteiger partial charge in [-0.05, 0) is 26.0 Å². The molecule has 0 bridgehead atoms. The van der Waals surface area contributed by atoms with Crippen molar-refractivity contribution in [2.24, 2.45) is 0 Å². The number of nitro benzene ring substituents is 1. The molecule has 0 saturated heterocycles. The van der Waals surface area contributed by atoms with Crippen molar-refractivity contribution in [3.05, 3.63) is 44.9 Å². The van der Waals surface area contributed by atoms with Crippen molar-refractivity contribution in [1.29, 1.82) is 0 Å². The molecule has 0 radical (unpaired) electrons. The van der Waals surface area contributed by atoms with E-state index >= 15 is 0 Å². The lowest BCUT2D eigenvalue weighted by molar-refractivity contribution is -0.385. The second-order valence-corrected chi connectivity index (χ2v) is 5.37. The number of nitrogens with one attached hydrogen (secondary N) is 1. The van der Waals surface area contributed by atoms with E-state index in [9.17, 15) is 10.1 Å². The number of nitro groups is 1. The van der Waals surface area contributed by atoms with Crippen LogP contribution in [0.15, 0.2) is 29.9 Å². The van der Waals surface area contributed by atoms with Crippen LogP contribution in [0, 0.1) is 10.1 Å². The third-order valence-corrected chi connectivity index (χ3v) is 3.26. The minimum Gasteiger partial charge on any atom is -0.484 e. The Hall–Kier alpha value is -2.15. The van der Waals surface area contributed by atoms with Crippen LogP contribution >= 0.6 is 11.3 Å². The van der Waals surface area contributed by atoms with E-state index in [0.717, 1.165) is 4.88 Å². The summed E-state index contributed by atoms with van der Waals surface area (Å²) in [7, 11) is 0. The summed E-state index contributed by atoms with van der Waals surface area (Å²) in [6.45, 7) is 4.17. The zero-order valence-corrected chi connectivity index (χ0v) is 12.0. The summed E-state index contributed by atoms with van der Waals surface area (Å²) in [4.78, 5) is 15.8. The minimum absolute atomic E-state index is 0.0364. The molecule has 0 saturated carbocycles. The Bertz CT molecular complexity index is 585. The molecule has 0 aliphatic rings. The quantitative estimate of drug-likeness (QED) is 0.652. The maximum Gasteiger partial charge on any atom is 0.333 e. The van der Waals surface area contributed by atoms with Crippen molar-refractivity contribution in [2.75, 3.05) is 5.32 Å². The first kappa shape index (κ1) is 14.3. The molecule has 0 aliphatic carbocycles. The SMILES string of the molecule is CC(C)Oc1cccc(NCc2cncs2)c1[N+](=O)[O-]. The summed E-state index contributed by atoms with van der Waals surface area (Å²) >= 11 is 1.50. The van der Waals surface area contributed by atoms with Gasteiger partial charge < -0.3 is 10.1 Å². The molecule has 0 aliphatic heterocycles. The van der Waals surface area contributed by atoms with E-state index in [4.69, 9.17) is 4.74 Å². The zero-order chi connectivity index (χ0) is 14.5. The molecule has 0 amide bonds. The normalized spacial score (nSPS) is 10.6. The van der Waals surface area contributed by atoms with Gasteiger partial charge in [0.15, 0.2) is 5.75 Å². The summed E-state index contributed by atoms with van der Waals surface area (Å²) in [5.41, 5.74) is 2.14. The number of rotatable bonds is 6. The van der Waals surface area contributed by atoms with E-state index in [1.54, 1.807) is 29.9 Å². The summed E-state index contributed by atoms with van der Waals surface area (Å²) < 4.78 is 5.49. The van der Waals surface area contributed by atoms with Gasteiger partial charge in [0.1, 0.15) is 5.69 Å². The van der Waals surface area contributed by atoms with Gasteiger partial charge >= 0.3 is 5.69 Å². The van der Waals surface area contributed by atoms with Crippen LogP contribution in [0.5, 0.6) is 5.75 Å². The molecule has 0 atom stereocenters. The summed E-state index contributed by atoms with van der Waals surface area (Å²) in [5.74, 6) is 0.277. The van der Waals surface area contributed by atoms with Gasteiger partial charge in [-0.3, -0.25) is 15.1 Å². The van der Waals surface area contributed by atoms with Crippen molar-refractivity contribution >= 4 is 22.7 Å². The molecule has 2 rings (SSSR count). The monoisotopic (exact) mass is 293 g/mol. The Balaban J connectivity index is 2.24. The summed E-state index contributed by atoms with van der Waals surface area (Å²) in [6.07, 6.45) is 1.61. The minimum atomic E-state index is -0.424. The van der Waals surface area contributed by atoms with Gasteiger partial charge in [-0.2, -0.15) is 0 Å². The second-order valence-electron chi connectivity index (χ2n) is 4.40. The molecule has 2 aromatic rings. The number of hydrogen-bond acceptors (Lipinski definition) is 6. The van der Waals surface area contributed by atoms with E-state index in [-0.39, 0.29) is 17.5 Å². The second kappa shape index (κ2) is 6.33. The molecule has 1 N–H and O–H groups in total. The Morgan fingerprint density at radius 1 is 1.50 bits per heavy atom. The van der Waals surface area contributed by atoms with Crippen molar-refractivity contribution in [3.8, 4) is 5.75 Å². The van der Waals surface area contributed by atoms with Gasteiger partial charge in [-0.15, -0.1) is 11.3 Å². The first-order chi connectivity index (χ1) is 9.58. The van der Waals surface area contributed by atoms with Crippen LogP contribution < -0.4 is 10.1 Å². The average molecular weight is 293 g/mol. The maximum absolute atomic E-state index is 11.3. The number of nitrogens with zero attached hydrogens (tertiary/aromatic N) is 2. The number of aromatic nitrogens is 1. The van der Waals surface area contributed by atoms with Gasteiger partial charge in [0.05, 0.1) is 23.1 Å². The highest BCUT2D eigenvalue weighted by molar-refractivity contribution is 7.09. The smallest absolute Gasteiger partial charge is 0.333 e. The van der Waals surface area contributed by atoms with Crippen LogP contribution in [0.25, 0.3) is 0 Å². The predicted octanol–water partition coefficient (Wildman–Crippen LogP) is 3.45. The van der Waals surface area contributed by atoms with Gasteiger partial charge in [-0.25, -0.2) is 0 Å². The van der Waals surface area contributed by atoms with Crippen LogP contribution in [-0.4, -0.2) is 16.0 Å². The van der Waals surface area contributed by atoms with Crippen LogP contribution in [-0.2, 0) is 6.54 Å². The molecule has 6 nitrogen and oxygen atoms in total. The third kappa shape index (κ3) is 3.45. The summed E-state index contributed by atoms with van der Waals surface area (Å²) in [6, 6.07) is 5.02. The van der Waals surface area contributed by atoms with Crippen LogP contribution in [0.2, 0.25) is 0 Å². The number of hydrogen-bond donors (Lipinski definition) is 1. The van der Waals surface area contributed by atoms with Crippen molar-refractivity contribution in [3.63, 3.8) is 0 Å². The molecule has 0 unspecified atom stereocenters. The Labute approximate surface area is 120 Å². The van der Waals surface area contributed by atoms with E-state index in [0.29, 0.717) is 12.2 Å². The van der Waals surface area contributed by atoms with Gasteiger partial charge in [0.25, 0.3) is 0 Å². The fraction of sp³-hybridized carbons (Fsp3) is 0.308.